The average Bonchev–Trinajstić information content (AvgIpc) is 3.57. The summed E-state index contributed by atoms with van der Waals surface area (Å²) in [5.41, 5.74) is 4.42. The molecule has 3 aromatic carbocycles. The zero-order valence-corrected chi connectivity index (χ0v) is 20.1. The first-order valence-electron chi connectivity index (χ1n) is 12.6. The Morgan fingerprint density at radius 2 is 1.77 bits per heavy atom. The molecular formula is C30H33N3O2. The number of benzene rings is 3. The normalized spacial score (nSPS) is 14.7. The number of amides is 1. The van der Waals surface area contributed by atoms with Crippen LogP contribution in [0.4, 0.5) is 0 Å². The Balaban J connectivity index is 1.34. The summed E-state index contributed by atoms with van der Waals surface area (Å²) >= 11 is 0. The van der Waals surface area contributed by atoms with Crippen molar-refractivity contribution in [2.75, 3.05) is 26.2 Å². The summed E-state index contributed by atoms with van der Waals surface area (Å²) in [5.74, 6) is 0.818. The van der Waals surface area contributed by atoms with Crippen molar-refractivity contribution in [1.29, 1.82) is 0 Å². The molecule has 0 bridgehead atoms. The monoisotopic (exact) mass is 467 g/mol. The zero-order chi connectivity index (χ0) is 23.9. The van der Waals surface area contributed by atoms with Gasteiger partial charge >= 0.3 is 0 Å². The standard InChI is InChI=1S/C30H33N3O2/c34-30(31-15-18-33-16-6-7-17-33)20-27(28-21-32-29-14-5-4-13-26(28)29)24-11-8-12-25(19-24)35-22-23-9-2-1-3-10-23/h1-5,8-14,19,21,27,32H,6-7,15-18,20,22H2,(H,31,34). The van der Waals surface area contributed by atoms with Crippen LogP contribution in [0.25, 0.3) is 10.9 Å². The van der Waals surface area contributed by atoms with E-state index in [-0.39, 0.29) is 11.8 Å². The fourth-order valence-electron chi connectivity index (χ4n) is 4.97. The molecule has 0 radical (unpaired) electrons. The van der Waals surface area contributed by atoms with E-state index in [1.807, 2.05) is 48.7 Å². The minimum atomic E-state index is -0.0711. The van der Waals surface area contributed by atoms with Crippen LogP contribution in [0.15, 0.2) is 85.1 Å². The average molecular weight is 468 g/mol. The first-order valence-corrected chi connectivity index (χ1v) is 12.6. The Labute approximate surface area is 207 Å². The van der Waals surface area contributed by atoms with Crippen molar-refractivity contribution in [3.05, 3.63) is 102 Å². The lowest BCUT2D eigenvalue weighted by Gasteiger charge is -2.19. The van der Waals surface area contributed by atoms with Crippen LogP contribution in [0.2, 0.25) is 0 Å². The van der Waals surface area contributed by atoms with Gasteiger partial charge in [0.25, 0.3) is 0 Å². The number of carbonyl (C=O) groups excluding carboxylic acids is 1. The molecule has 0 saturated carbocycles. The third-order valence-corrected chi connectivity index (χ3v) is 6.84. The van der Waals surface area contributed by atoms with Crippen molar-refractivity contribution in [2.24, 2.45) is 0 Å². The molecule has 1 aliphatic rings. The highest BCUT2D eigenvalue weighted by Gasteiger charge is 2.22. The summed E-state index contributed by atoms with van der Waals surface area (Å²) in [6, 6.07) is 26.6. The molecule has 1 aromatic heterocycles. The summed E-state index contributed by atoms with van der Waals surface area (Å²) in [6.07, 6.45) is 4.97. The number of para-hydroxylation sites is 1. The second kappa shape index (κ2) is 11.2. The third-order valence-electron chi connectivity index (χ3n) is 6.84. The number of nitrogens with one attached hydrogen (secondary N) is 2. The number of aromatic amines is 1. The minimum absolute atomic E-state index is 0.0711. The topological polar surface area (TPSA) is 57.4 Å². The molecule has 1 aliphatic heterocycles. The van der Waals surface area contributed by atoms with Crippen LogP contribution < -0.4 is 10.1 Å². The van der Waals surface area contributed by atoms with Crippen molar-refractivity contribution >= 4 is 16.8 Å². The highest BCUT2D eigenvalue weighted by Crippen LogP contribution is 2.35. The van der Waals surface area contributed by atoms with Gasteiger partial charge in [0.15, 0.2) is 0 Å². The number of hydrogen-bond acceptors (Lipinski definition) is 3. The van der Waals surface area contributed by atoms with Gasteiger partial charge in [-0.15, -0.1) is 0 Å². The summed E-state index contributed by atoms with van der Waals surface area (Å²) < 4.78 is 6.10. The van der Waals surface area contributed by atoms with Crippen LogP contribution in [-0.2, 0) is 11.4 Å². The molecule has 35 heavy (non-hydrogen) atoms. The number of carbonyl (C=O) groups is 1. The Morgan fingerprint density at radius 3 is 2.63 bits per heavy atom. The smallest absolute Gasteiger partial charge is 0.220 e. The number of likely N-dealkylation sites (tertiary alicyclic amines) is 1. The van der Waals surface area contributed by atoms with Gasteiger partial charge in [-0.3, -0.25) is 4.79 Å². The highest BCUT2D eigenvalue weighted by molar-refractivity contribution is 5.86. The van der Waals surface area contributed by atoms with Crippen molar-refractivity contribution in [3.8, 4) is 5.75 Å². The lowest BCUT2D eigenvalue weighted by Crippen LogP contribution is -2.34. The molecule has 1 amide bonds. The third kappa shape index (κ3) is 5.92. The number of rotatable bonds is 10. The second-order valence-corrected chi connectivity index (χ2v) is 9.29. The van der Waals surface area contributed by atoms with Gasteiger partial charge in [-0.05, 0) is 60.8 Å². The molecule has 1 unspecified atom stereocenters. The zero-order valence-electron chi connectivity index (χ0n) is 20.1. The first-order chi connectivity index (χ1) is 17.3. The Morgan fingerprint density at radius 1 is 0.971 bits per heavy atom. The predicted octanol–water partition coefficient (Wildman–Crippen LogP) is 5.48. The van der Waals surface area contributed by atoms with E-state index in [4.69, 9.17) is 4.74 Å². The van der Waals surface area contributed by atoms with Gasteiger partial charge in [-0.1, -0.05) is 60.7 Å². The van der Waals surface area contributed by atoms with E-state index in [1.165, 1.54) is 12.8 Å². The number of hydrogen-bond donors (Lipinski definition) is 2. The van der Waals surface area contributed by atoms with E-state index in [1.54, 1.807) is 0 Å². The lowest BCUT2D eigenvalue weighted by molar-refractivity contribution is -0.121. The van der Waals surface area contributed by atoms with Crippen molar-refractivity contribution < 1.29 is 9.53 Å². The van der Waals surface area contributed by atoms with E-state index in [0.29, 0.717) is 19.6 Å². The summed E-state index contributed by atoms with van der Waals surface area (Å²) in [5, 5.41) is 4.31. The molecule has 5 heteroatoms. The first kappa shape index (κ1) is 23.2. The van der Waals surface area contributed by atoms with E-state index in [0.717, 1.165) is 53.0 Å². The number of nitrogens with zero attached hydrogens (tertiary/aromatic N) is 1. The van der Waals surface area contributed by atoms with Crippen LogP contribution >= 0.6 is 0 Å². The summed E-state index contributed by atoms with van der Waals surface area (Å²) in [7, 11) is 0. The molecule has 2 N–H and O–H groups in total. The Kier molecular flexibility index (Phi) is 7.44. The van der Waals surface area contributed by atoms with Gasteiger partial charge in [-0.25, -0.2) is 0 Å². The van der Waals surface area contributed by atoms with Crippen molar-refractivity contribution in [1.82, 2.24) is 15.2 Å². The molecule has 1 saturated heterocycles. The van der Waals surface area contributed by atoms with Crippen LogP contribution in [0.1, 0.15) is 41.9 Å². The number of ether oxygens (including phenoxy) is 1. The van der Waals surface area contributed by atoms with Crippen LogP contribution in [-0.4, -0.2) is 42.0 Å². The van der Waals surface area contributed by atoms with E-state index in [9.17, 15) is 4.79 Å². The van der Waals surface area contributed by atoms with Gasteiger partial charge in [0, 0.05) is 42.5 Å². The van der Waals surface area contributed by atoms with E-state index in [2.05, 4.69) is 51.6 Å². The maximum absolute atomic E-state index is 13.1. The summed E-state index contributed by atoms with van der Waals surface area (Å²) in [4.78, 5) is 18.9. The molecule has 0 aliphatic carbocycles. The minimum Gasteiger partial charge on any atom is -0.489 e. The molecule has 0 spiro atoms. The van der Waals surface area contributed by atoms with Crippen LogP contribution in [0, 0.1) is 0 Å². The molecule has 180 valence electrons. The van der Waals surface area contributed by atoms with Crippen LogP contribution in [0.5, 0.6) is 5.75 Å². The van der Waals surface area contributed by atoms with Crippen LogP contribution in [0.3, 0.4) is 0 Å². The van der Waals surface area contributed by atoms with E-state index < -0.39 is 0 Å². The lowest BCUT2D eigenvalue weighted by atomic mass is 9.88. The van der Waals surface area contributed by atoms with E-state index >= 15 is 0 Å². The maximum Gasteiger partial charge on any atom is 0.220 e. The summed E-state index contributed by atoms with van der Waals surface area (Å²) in [6.45, 7) is 4.41. The molecule has 2 heterocycles. The fraction of sp³-hybridized carbons (Fsp3) is 0.300. The van der Waals surface area contributed by atoms with Gasteiger partial charge in [0.1, 0.15) is 12.4 Å². The molecule has 5 nitrogen and oxygen atoms in total. The highest BCUT2D eigenvalue weighted by atomic mass is 16.5. The molecular weight excluding hydrogens is 434 g/mol. The number of fused-ring (bicyclic) bond motifs is 1. The van der Waals surface area contributed by atoms with Crippen molar-refractivity contribution in [3.63, 3.8) is 0 Å². The maximum atomic E-state index is 13.1. The fourth-order valence-corrected chi connectivity index (χ4v) is 4.97. The molecule has 1 fully saturated rings. The van der Waals surface area contributed by atoms with Gasteiger partial charge in [0.2, 0.25) is 5.91 Å². The van der Waals surface area contributed by atoms with Gasteiger partial charge in [0.05, 0.1) is 0 Å². The largest absolute Gasteiger partial charge is 0.489 e. The quantitative estimate of drug-likeness (QED) is 0.325. The number of aromatic nitrogens is 1. The Hall–Kier alpha value is -3.57. The van der Waals surface area contributed by atoms with Gasteiger partial charge < -0.3 is 19.9 Å². The van der Waals surface area contributed by atoms with Gasteiger partial charge in [-0.2, -0.15) is 0 Å². The SMILES string of the molecule is O=C(CC(c1cccc(OCc2ccccc2)c1)c1c[nH]c2ccccc12)NCCN1CCCC1. The molecule has 4 aromatic rings. The predicted molar refractivity (Wildman–Crippen MR) is 141 cm³/mol. The Bertz CT molecular complexity index is 1240. The molecule has 1 atom stereocenters. The van der Waals surface area contributed by atoms with Crippen molar-refractivity contribution in [2.45, 2.75) is 31.8 Å². The molecule has 5 rings (SSSR count). The second-order valence-electron chi connectivity index (χ2n) is 9.29. The number of H-pyrrole nitrogens is 1.